The minimum absolute atomic E-state index is 0. The molecule has 0 atom stereocenters. The van der Waals surface area contributed by atoms with Crippen LogP contribution in [0.2, 0.25) is 26.2 Å². The van der Waals surface area contributed by atoms with Gasteiger partial charge in [0.05, 0.1) is 0 Å². The normalized spacial score (nSPS) is 15.7. The topological polar surface area (TPSA) is 0 Å². The van der Waals surface area contributed by atoms with Gasteiger partial charge >= 0.3 is 26.2 Å². The molecule has 2 rings (SSSR count). The van der Waals surface area contributed by atoms with Gasteiger partial charge in [-0.1, -0.05) is 26.2 Å². The molecule has 7 heteroatoms. The molecule has 0 amide bonds. The van der Waals surface area contributed by atoms with Crippen molar-refractivity contribution in [3.8, 4) is 0 Å². The summed E-state index contributed by atoms with van der Waals surface area (Å²) in [4.78, 5) is 0. The third-order valence-electron chi connectivity index (χ3n) is 2.67. The second kappa shape index (κ2) is 11.9. The predicted molar refractivity (Wildman–Crippen MR) is 87.7 cm³/mol. The van der Waals surface area contributed by atoms with Crippen molar-refractivity contribution in [3.63, 3.8) is 0 Å². The van der Waals surface area contributed by atoms with E-state index < -0.39 is 14.8 Å². The first-order chi connectivity index (χ1) is 8.21. The molecule has 0 radical (unpaired) electrons. The summed E-state index contributed by atoms with van der Waals surface area (Å²) in [6, 6.07) is 0. The van der Waals surface area contributed by atoms with Crippen LogP contribution >= 0.6 is 22.2 Å². The third-order valence-corrected chi connectivity index (χ3v) is 7.14. The van der Waals surface area contributed by atoms with Crippen molar-refractivity contribution in [1.82, 2.24) is 0 Å². The molecule has 2 aliphatic rings. The molecule has 0 unspecified atom stereocenters. The van der Waals surface area contributed by atoms with Crippen LogP contribution in [-0.4, -0.2) is 14.8 Å². The van der Waals surface area contributed by atoms with Gasteiger partial charge in [-0.25, -0.2) is 22.5 Å². The zero-order valence-electron chi connectivity index (χ0n) is 12.7. The number of halogens is 4. The molecular formula is C14H20Cl4Si2Zr. The maximum absolute atomic E-state index is 6.13. The molecule has 21 heavy (non-hydrogen) atoms. The van der Waals surface area contributed by atoms with E-state index >= 15 is 0 Å². The summed E-state index contributed by atoms with van der Waals surface area (Å²) < 4.78 is 0. The van der Waals surface area contributed by atoms with Gasteiger partial charge in [-0.05, 0) is 0 Å². The van der Waals surface area contributed by atoms with Crippen molar-refractivity contribution in [3.05, 3.63) is 46.8 Å². The van der Waals surface area contributed by atoms with Gasteiger partial charge < -0.3 is 24.8 Å². The Morgan fingerprint density at radius 1 is 0.810 bits per heavy atom. The average molecular weight is 478 g/mol. The number of hydrogen-bond acceptors (Lipinski definition) is 0. The fourth-order valence-electron chi connectivity index (χ4n) is 1.63. The first-order valence-electron chi connectivity index (χ1n) is 6.15. The van der Waals surface area contributed by atoms with Gasteiger partial charge in [-0.15, -0.1) is 12.8 Å². The molecule has 0 saturated heterocycles. The molecule has 0 spiro atoms. The minimum atomic E-state index is -1.53. The van der Waals surface area contributed by atoms with Crippen LogP contribution < -0.4 is 24.8 Å². The van der Waals surface area contributed by atoms with Crippen LogP contribution in [0.3, 0.4) is 0 Å². The fourth-order valence-corrected chi connectivity index (χ4v) is 4.48. The molecule has 0 saturated carbocycles. The largest absolute Gasteiger partial charge is 4.00 e. The van der Waals surface area contributed by atoms with Crippen LogP contribution in [0.1, 0.15) is 12.8 Å². The fraction of sp³-hybridized carbons (Fsp3) is 0.429. The number of allylic oxidation sites excluding steroid dienone is 8. The molecule has 0 aromatic heterocycles. The van der Waals surface area contributed by atoms with Crippen molar-refractivity contribution in [2.75, 3.05) is 0 Å². The van der Waals surface area contributed by atoms with Crippen molar-refractivity contribution in [2.24, 2.45) is 0 Å². The first kappa shape index (κ1) is 27.3. The Morgan fingerprint density at radius 2 is 1.10 bits per heavy atom. The van der Waals surface area contributed by atoms with Crippen molar-refractivity contribution < 1.29 is 51.0 Å². The Bertz CT molecular complexity index is 376. The van der Waals surface area contributed by atoms with E-state index in [1.54, 1.807) is 0 Å². The molecule has 0 nitrogen and oxygen atoms in total. The van der Waals surface area contributed by atoms with Crippen LogP contribution in [0.5, 0.6) is 0 Å². The Hall–Kier alpha value is 1.44. The summed E-state index contributed by atoms with van der Waals surface area (Å²) >= 11 is 12.3. The van der Waals surface area contributed by atoms with Crippen LogP contribution in [0.15, 0.2) is 34.7 Å². The number of rotatable bonds is 2. The summed E-state index contributed by atoms with van der Waals surface area (Å²) in [6.45, 7) is 8.47. The molecule has 0 N–H and O–H groups in total. The quantitative estimate of drug-likeness (QED) is 0.281. The van der Waals surface area contributed by atoms with E-state index in [-0.39, 0.29) is 51.0 Å². The van der Waals surface area contributed by atoms with Crippen LogP contribution in [-0.2, 0) is 26.2 Å². The molecule has 0 aromatic carbocycles. The summed E-state index contributed by atoms with van der Waals surface area (Å²) in [5.41, 5.74) is 0. The molecule has 0 fully saturated rings. The summed E-state index contributed by atoms with van der Waals surface area (Å²) in [6.07, 6.45) is 16.8. The van der Waals surface area contributed by atoms with E-state index in [1.807, 2.05) is 0 Å². The molecular weight excluding hydrogens is 457 g/mol. The van der Waals surface area contributed by atoms with Crippen molar-refractivity contribution in [2.45, 2.75) is 39.0 Å². The molecule has 0 heterocycles. The van der Waals surface area contributed by atoms with E-state index in [0.717, 1.165) is 12.8 Å². The van der Waals surface area contributed by atoms with Gasteiger partial charge in [0.25, 0.3) is 0 Å². The Morgan fingerprint density at radius 3 is 1.19 bits per heavy atom. The van der Waals surface area contributed by atoms with E-state index in [1.165, 1.54) is 10.4 Å². The average Bonchev–Trinajstić information content (AvgIpc) is 2.91. The Kier molecular flexibility index (Phi) is 15.5. The van der Waals surface area contributed by atoms with Crippen molar-refractivity contribution in [1.29, 1.82) is 0 Å². The van der Waals surface area contributed by atoms with E-state index in [2.05, 4.69) is 62.6 Å². The monoisotopic (exact) mass is 474 g/mol. The molecule has 0 aliphatic heterocycles. The van der Waals surface area contributed by atoms with Gasteiger partial charge in [0.2, 0.25) is 0 Å². The molecule has 116 valence electrons. The van der Waals surface area contributed by atoms with Crippen LogP contribution in [0, 0.1) is 12.2 Å². The number of hydrogen-bond donors (Lipinski definition) is 0. The van der Waals surface area contributed by atoms with Gasteiger partial charge in [0.1, 0.15) is 14.8 Å². The van der Waals surface area contributed by atoms with Gasteiger partial charge in [-0.2, -0.15) is 34.3 Å². The maximum atomic E-state index is 6.13. The molecule has 0 bridgehead atoms. The first-order valence-corrected chi connectivity index (χ1v) is 14.2. The maximum Gasteiger partial charge on any atom is 4.00 e. The Balaban J connectivity index is -0.000000270. The standard InChI is InChI=1S/2C7H10ClSi.2ClH.Zr/c2*1-9(2,8)7-5-3-4-6-7;;;/h2*3,5H,4H2,1-2H3;2*1H;/q2*-1;;;+4/p-2. The van der Waals surface area contributed by atoms with Crippen molar-refractivity contribution >= 4 is 36.9 Å². The van der Waals surface area contributed by atoms with Gasteiger partial charge in [0.15, 0.2) is 0 Å². The molecule has 2 aliphatic carbocycles. The molecule has 0 aromatic rings. The summed E-state index contributed by atoms with van der Waals surface area (Å²) in [5.74, 6) is 0. The predicted octanol–water partition coefficient (Wildman–Crippen LogP) is -0.677. The zero-order chi connectivity index (χ0) is 13.8. The minimum Gasteiger partial charge on any atom is -1.00 e. The van der Waals surface area contributed by atoms with E-state index in [4.69, 9.17) is 22.2 Å². The Labute approximate surface area is 172 Å². The summed E-state index contributed by atoms with van der Waals surface area (Å²) in [5, 5.41) is 2.51. The zero-order valence-corrected chi connectivity index (χ0v) is 20.2. The van der Waals surface area contributed by atoms with Gasteiger partial charge in [-0.3, -0.25) is 12.2 Å². The second-order valence-corrected chi connectivity index (χ2v) is 18.0. The van der Waals surface area contributed by atoms with Crippen LogP contribution in [0.25, 0.3) is 0 Å². The van der Waals surface area contributed by atoms with Crippen LogP contribution in [0.4, 0.5) is 0 Å². The second-order valence-electron chi connectivity index (χ2n) is 5.34. The van der Waals surface area contributed by atoms with E-state index in [0.29, 0.717) is 0 Å². The smallest absolute Gasteiger partial charge is 1.00 e. The summed E-state index contributed by atoms with van der Waals surface area (Å²) in [7, 11) is -3.07. The SMILES string of the molecule is C[Si](C)(Cl)C1=[C-]CC=C1.C[Si](C)(Cl)C1=[C-]CC=C1.[Cl-].[Cl-].[Zr+4]. The van der Waals surface area contributed by atoms with Gasteiger partial charge in [0, 0.05) is 0 Å². The van der Waals surface area contributed by atoms with E-state index in [9.17, 15) is 0 Å². The third kappa shape index (κ3) is 10.8.